The van der Waals surface area contributed by atoms with E-state index in [1.807, 2.05) is 44.2 Å². The monoisotopic (exact) mass is 504 g/mol. The Kier molecular flexibility index (Phi) is 6.73. The minimum absolute atomic E-state index is 0.107. The normalized spacial score (nSPS) is 18.1. The van der Waals surface area contributed by atoms with Crippen LogP contribution >= 0.6 is 31.9 Å². The van der Waals surface area contributed by atoms with Gasteiger partial charge in [-0.25, -0.2) is 5.43 Å². The van der Waals surface area contributed by atoms with Gasteiger partial charge in [0.15, 0.2) is 6.61 Å². The van der Waals surface area contributed by atoms with Crippen LogP contribution in [0.1, 0.15) is 26.7 Å². The van der Waals surface area contributed by atoms with Crippen molar-refractivity contribution in [2.45, 2.75) is 26.7 Å². The molecule has 146 valence electrons. The van der Waals surface area contributed by atoms with Crippen molar-refractivity contribution in [1.29, 1.82) is 0 Å². The summed E-state index contributed by atoms with van der Waals surface area (Å²) in [5, 5.41) is 6.40. The standard InChI is InChI=1S/C22H22Br2N2O2/c1-13(2)15-5-4-14(3)19(11-15)25-26-21(27)12-28-20-9-6-16-10-17(23)7-8-18(16)22(20)24/h4,6-10,15H,1,5,11-12H2,2-3H3,(H,26,27)/b25-19+. The highest BCUT2D eigenvalue weighted by atomic mass is 79.9. The van der Waals surface area contributed by atoms with Crippen LogP contribution in [0.2, 0.25) is 0 Å². The third-order valence-corrected chi connectivity index (χ3v) is 6.17. The molecule has 4 nitrogen and oxygen atoms in total. The third-order valence-electron chi connectivity index (χ3n) is 4.86. The molecule has 1 aliphatic carbocycles. The van der Waals surface area contributed by atoms with Gasteiger partial charge in [-0.2, -0.15) is 5.10 Å². The topological polar surface area (TPSA) is 50.7 Å². The van der Waals surface area contributed by atoms with E-state index in [-0.39, 0.29) is 12.5 Å². The van der Waals surface area contributed by atoms with Crippen LogP contribution in [0.4, 0.5) is 0 Å². The molecule has 0 aromatic heterocycles. The molecule has 0 radical (unpaired) electrons. The van der Waals surface area contributed by atoms with Gasteiger partial charge < -0.3 is 4.74 Å². The fraction of sp³-hybridized carbons (Fsp3) is 0.273. The molecule has 1 amide bonds. The Bertz CT molecular complexity index is 995. The molecule has 1 N–H and O–H groups in total. The molecule has 2 aromatic rings. The summed E-state index contributed by atoms with van der Waals surface area (Å²) in [6.07, 6.45) is 3.92. The van der Waals surface area contributed by atoms with E-state index in [1.54, 1.807) is 0 Å². The summed E-state index contributed by atoms with van der Waals surface area (Å²) in [4.78, 5) is 12.2. The van der Waals surface area contributed by atoms with Gasteiger partial charge in [0.2, 0.25) is 0 Å². The Balaban J connectivity index is 1.63. The number of rotatable bonds is 5. The van der Waals surface area contributed by atoms with Gasteiger partial charge in [0.1, 0.15) is 5.75 Å². The van der Waals surface area contributed by atoms with Gasteiger partial charge in [0.25, 0.3) is 5.91 Å². The molecule has 3 rings (SSSR count). The number of carbonyl (C=O) groups excluding carboxylic acids is 1. The number of hydrogen-bond donors (Lipinski definition) is 1. The zero-order valence-electron chi connectivity index (χ0n) is 15.9. The lowest BCUT2D eigenvalue weighted by atomic mass is 9.85. The maximum Gasteiger partial charge on any atom is 0.277 e. The summed E-state index contributed by atoms with van der Waals surface area (Å²) >= 11 is 7.04. The molecule has 2 aromatic carbocycles. The Morgan fingerprint density at radius 3 is 2.86 bits per heavy atom. The van der Waals surface area contributed by atoms with E-state index in [1.165, 1.54) is 0 Å². The van der Waals surface area contributed by atoms with Crippen molar-refractivity contribution in [3.8, 4) is 5.75 Å². The number of benzene rings is 2. The Labute approximate surface area is 182 Å². The molecular formula is C22H22Br2N2O2. The molecule has 0 saturated heterocycles. The van der Waals surface area contributed by atoms with Crippen LogP contribution < -0.4 is 10.2 Å². The highest BCUT2D eigenvalue weighted by Crippen LogP contribution is 2.34. The Morgan fingerprint density at radius 2 is 2.11 bits per heavy atom. The first-order valence-corrected chi connectivity index (χ1v) is 10.6. The highest BCUT2D eigenvalue weighted by Gasteiger charge is 2.19. The van der Waals surface area contributed by atoms with Crippen molar-refractivity contribution >= 4 is 54.3 Å². The molecule has 0 fully saturated rings. The smallest absolute Gasteiger partial charge is 0.277 e. The van der Waals surface area contributed by atoms with E-state index in [0.29, 0.717) is 11.7 Å². The number of allylic oxidation sites excluding steroid dienone is 3. The predicted octanol–water partition coefficient (Wildman–Crippen LogP) is 6.15. The number of nitrogens with one attached hydrogen (secondary N) is 1. The fourth-order valence-electron chi connectivity index (χ4n) is 3.08. The highest BCUT2D eigenvalue weighted by molar-refractivity contribution is 9.11. The number of fused-ring (bicyclic) bond motifs is 1. The van der Waals surface area contributed by atoms with Crippen LogP contribution in [0.25, 0.3) is 10.8 Å². The van der Waals surface area contributed by atoms with Crippen molar-refractivity contribution < 1.29 is 9.53 Å². The summed E-state index contributed by atoms with van der Waals surface area (Å²) < 4.78 is 7.53. The summed E-state index contributed by atoms with van der Waals surface area (Å²) in [5.74, 6) is 0.707. The molecule has 0 bridgehead atoms. The van der Waals surface area contributed by atoms with Crippen molar-refractivity contribution in [2.24, 2.45) is 11.0 Å². The molecule has 28 heavy (non-hydrogen) atoms. The van der Waals surface area contributed by atoms with Crippen molar-refractivity contribution in [1.82, 2.24) is 5.43 Å². The zero-order chi connectivity index (χ0) is 20.3. The summed E-state index contributed by atoms with van der Waals surface area (Å²) in [6.45, 7) is 7.97. The largest absolute Gasteiger partial charge is 0.483 e. The van der Waals surface area contributed by atoms with E-state index in [4.69, 9.17) is 4.74 Å². The van der Waals surface area contributed by atoms with E-state index in [0.717, 1.165) is 49.4 Å². The predicted molar refractivity (Wildman–Crippen MR) is 122 cm³/mol. The molecule has 1 unspecified atom stereocenters. The molecular weight excluding hydrogens is 484 g/mol. The molecule has 0 aliphatic heterocycles. The number of ether oxygens (including phenoxy) is 1. The van der Waals surface area contributed by atoms with E-state index >= 15 is 0 Å². The number of nitrogens with zero attached hydrogens (tertiary/aromatic N) is 1. The van der Waals surface area contributed by atoms with Crippen LogP contribution in [-0.4, -0.2) is 18.2 Å². The second kappa shape index (κ2) is 9.05. The molecule has 1 atom stereocenters. The summed E-state index contributed by atoms with van der Waals surface area (Å²) in [6, 6.07) is 9.82. The first kappa shape index (κ1) is 20.8. The van der Waals surface area contributed by atoms with Gasteiger partial charge >= 0.3 is 0 Å². The first-order chi connectivity index (χ1) is 13.3. The van der Waals surface area contributed by atoms with E-state index in [9.17, 15) is 4.79 Å². The number of carbonyl (C=O) groups is 1. The zero-order valence-corrected chi connectivity index (χ0v) is 19.1. The van der Waals surface area contributed by atoms with Crippen molar-refractivity contribution in [2.75, 3.05) is 6.61 Å². The van der Waals surface area contributed by atoms with Crippen LogP contribution in [0.3, 0.4) is 0 Å². The minimum atomic E-state index is -0.291. The summed E-state index contributed by atoms with van der Waals surface area (Å²) in [5.41, 5.74) is 5.74. The van der Waals surface area contributed by atoms with E-state index in [2.05, 4.69) is 55.0 Å². The van der Waals surface area contributed by atoms with Crippen molar-refractivity contribution in [3.05, 3.63) is 63.1 Å². The SMILES string of the molecule is C=C(C)C1CC=C(C)/C(=N/NC(=O)COc2ccc3cc(Br)ccc3c2Br)C1. The van der Waals surface area contributed by atoms with Gasteiger partial charge in [0, 0.05) is 4.47 Å². The second-order valence-electron chi connectivity index (χ2n) is 7.00. The number of amides is 1. The van der Waals surface area contributed by atoms with Gasteiger partial charge in [-0.1, -0.05) is 46.3 Å². The fourth-order valence-corrected chi connectivity index (χ4v) is 4.07. The average molecular weight is 506 g/mol. The third kappa shape index (κ3) is 4.92. The van der Waals surface area contributed by atoms with Gasteiger partial charge in [-0.3, -0.25) is 4.79 Å². The van der Waals surface area contributed by atoms with E-state index < -0.39 is 0 Å². The summed E-state index contributed by atoms with van der Waals surface area (Å²) in [7, 11) is 0. The van der Waals surface area contributed by atoms with Crippen LogP contribution in [0.15, 0.2) is 68.2 Å². The van der Waals surface area contributed by atoms with Gasteiger partial charge in [-0.15, -0.1) is 0 Å². The lowest BCUT2D eigenvalue weighted by Gasteiger charge is -2.22. The number of hydrazone groups is 1. The Hall–Kier alpha value is -1.92. The molecule has 0 saturated carbocycles. The first-order valence-electron chi connectivity index (χ1n) is 9.03. The quantitative estimate of drug-likeness (QED) is 0.391. The average Bonchev–Trinajstić information content (AvgIpc) is 2.66. The maximum absolute atomic E-state index is 12.2. The molecule has 6 heteroatoms. The van der Waals surface area contributed by atoms with Crippen LogP contribution in [0.5, 0.6) is 5.75 Å². The van der Waals surface area contributed by atoms with Crippen LogP contribution in [-0.2, 0) is 4.79 Å². The number of halogens is 2. The van der Waals surface area contributed by atoms with Crippen molar-refractivity contribution in [3.63, 3.8) is 0 Å². The van der Waals surface area contributed by atoms with Gasteiger partial charge in [0.05, 0.1) is 10.2 Å². The number of hydrogen-bond acceptors (Lipinski definition) is 3. The van der Waals surface area contributed by atoms with Crippen LogP contribution in [0, 0.1) is 5.92 Å². The second-order valence-corrected chi connectivity index (χ2v) is 8.70. The molecule has 0 heterocycles. The molecule has 0 spiro atoms. The lowest BCUT2D eigenvalue weighted by Crippen LogP contribution is -2.27. The Morgan fingerprint density at radius 1 is 1.32 bits per heavy atom. The van der Waals surface area contributed by atoms with Gasteiger partial charge in [-0.05, 0) is 83.1 Å². The molecule has 1 aliphatic rings. The maximum atomic E-state index is 12.2. The minimum Gasteiger partial charge on any atom is -0.483 e. The lowest BCUT2D eigenvalue weighted by molar-refractivity contribution is -0.123.